The third kappa shape index (κ3) is 3.19. The molecule has 5 nitrogen and oxygen atoms in total. The number of hydrogen-bond donors (Lipinski definition) is 0. The molecule has 8 heteroatoms. The second kappa shape index (κ2) is 7.23. The van der Waals surface area contributed by atoms with Crippen molar-refractivity contribution < 1.29 is 14.2 Å². The maximum atomic E-state index is 6.35. The second-order valence-corrected chi connectivity index (χ2v) is 8.79. The van der Waals surface area contributed by atoms with Gasteiger partial charge in [-0.15, -0.1) is 0 Å². The zero-order valence-electron chi connectivity index (χ0n) is 16.0. The lowest BCUT2D eigenvalue weighted by molar-refractivity contribution is -0.0190. The van der Waals surface area contributed by atoms with Crippen LogP contribution in [0.1, 0.15) is 35.4 Å². The van der Waals surface area contributed by atoms with Crippen molar-refractivity contribution in [3.63, 3.8) is 0 Å². The molecule has 6 rings (SSSR count). The van der Waals surface area contributed by atoms with Gasteiger partial charge in [-0.3, -0.25) is 0 Å². The Morgan fingerprint density at radius 2 is 1.68 bits per heavy atom. The summed E-state index contributed by atoms with van der Waals surface area (Å²) in [4.78, 5) is 0. The number of hydrogen-bond acceptors (Lipinski definition) is 5. The maximum absolute atomic E-state index is 6.35. The molecule has 0 radical (unpaired) electrons. The van der Waals surface area contributed by atoms with E-state index in [0.717, 1.165) is 39.7 Å². The van der Waals surface area contributed by atoms with Crippen molar-refractivity contribution in [2.75, 3.05) is 6.79 Å². The zero-order valence-corrected chi connectivity index (χ0v) is 18.3. The van der Waals surface area contributed by atoms with Crippen LogP contribution in [0.3, 0.4) is 0 Å². The van der Waals surface area contributed by atoms with Gasteiger partial charge in [0.15, 0.2) is 11.5 Å². The van der Waals surface area contributed by atoms with Crippen molar-refractivity contribution in [2.24, 2.45) is 5.10 Å². The summed E-state index contributed by atoms with van der Waals surface area (Å²) in [5, 5.41) is 8.55. The molecular weight excluding hydrogens is 459 g/mol. The molecule has 0 saturated carbocycles. The monoisotopic (exact) mass is 472 g/mol. The van der Waals surface area contributed by atoms with Crippen LogP contribution in [0.5, 0.6) is 17.2 Å². The molecule has 3 aliphatic rings. The van der Waals surface area contributed by atoms with E-state index >= 15 is 0 Å². The molecule has 0 aliphatic carbocycles. The largest absolute Gasteiger partial charge is 0.464 e. The van der Waals surface area contributed by atoms with Crippen LogP contribution in [0.25, 0.3) is 0 Å². The molecule has 0 saturated heterocycles. The Morgan fingerprint density at radius 1 is 0.839 bits per heavy atom. The summed E-state index contributed by atoms with van der Waals surface area (Å²) in [5.41, 5.74) is 3.79. The molecular formula is C23H15Cl3N2O3. The van der Waals surface area contributed by atoms with E-state index in [1.165, 1.54) is 0 Å². The van der Waals surface area contributed by atoms with E-state index in [0.29, 0.717) is 21.5 Å². The summed E-state index contributed by atoms with van der Waals surface area (Å²) in [5.74, 6) is 2.25. The Bertz CT molecular complexity index is 1250. The van der Waals surface area contributed by atoms with Crippen LogP contribution >= 0.6 is 34.8 Å². The third-order valence-corrected chi connectivity index (χ3v) is 6.66. The molecule has 2 atom stereocenters. The van der Waals surface area contributed by atoms with Gasteiger partial charge in [-0.1, -0.05) is 40.9 Å². The Hall–Kier alpha value is -2.60. The third-order valence-electron chi connectivity index (χ3n) is 5.69. The number of ether oxygens (including phenoxy) is 3. The van der Waals surface area contributed by atoms with Gasteiger partial charge >= 0.3 is 0 Å². The topological polar surface area (TPSA) is 43.3 Å². The lowest BCUT2D eigenvalue weighted by Gasteiger charge is -2.38. The minimum absolute atomic E-state index is 0.0256. The van der Waals surface area contributed by atoms with Crippen LogP contribution < -0.4 is 14.2 Å². The highest BCUT2D eigenvalue weighted by molar-refractivity contribution is 6.42. The fourth-order valence-corrected chi connectivity index (χ4v) is 4.68. The normalized spacial score (nSPS) is 20.7. The molecule has 3 aliphatic heterocycles. The molecule has 156 valence electrons. The fraction of sp³-hybridized carbons (Fsp3) is 0.174. The Morgan fingerprint density at radius 3 is 2.55 bits per heavy atom. The number of halogens is 3. The van der Waals surface area contributed by atoms with Crippen LogP contribution in [0.4, 0.5) is 0 Å². The van der Waals surface area contributed by atoms with Crippen LogP contribution in [0.2, 0.25) is 15.1 Å². The first kappa shape index (κ1) is 19.1. The van der Waals surface area contributed by atoms with E-state index in [9.17, 15) is 0 Å². The highest BCUT2D eigenvalue weighted by Gasteiger charge is 2.41. The van der Waals surface area contributed by atoms with E-state index in [1.807, 2.05) is 53.5 Å². The van der Waals surface area contributed by atoms with Crippen molar-refractivity contribution in [1.29, 1.82) is 0 Å². The van der Waals surface area contributed by atoms with E-state index in [1.54, 1.807) is 6.07 Å². The molecule has 3 aromatic carbocycles. The van der Waals surface area contributed by atoms with E-state index in [2.05, 4.69) is 0 Å². The Labute approximate surface area is 193 Å². The summed E-state index contributed by atoms with van der Waals surface area (Å²) >= 11 is 18.7. The van der Waals surface area contributed by atoms with Gasteiger partial charge in [0.2, 0.25) is 13.0 Å². The predicted molar refractivity (Wildman–Crippen MR) is 120 cm³/mol. The standard InChI is InChI=1S/C23H15Cl3N2O3/c24-14-3-6-20-15(9-14)19-10-18(12-2-5-21-22(8-12)30-11-29-21)27-28(19)23(31-20)13-1-4-16(25)17(26)7-13/h1-9,19,23H,10-11H2/t19-,23+/m1/s1. The van der Waals surface area contributed by atoms with E-state index < -0.39 is 6.23 Å². The van der Waals surface area contributed by atoms with Crippen LogP contribution in [-0.2, 0) is 0 Å². The minimum Gasteiger partial charge on any atom is -0.464 e. The summed E-state index contributed by atoms with van der Waals surface area (Å²) < 4.78 is 17.3. The minimum atomic E-state index is -0.444. The summed E-state index contributed by atoms with van der Waals surface area (Å²) in [6, 6.07) is 17.0. The summed E-state index contributed by atoms with van der Waals surface area (Å²) in [6.45, 7) is 0.235. The summed E-state index contributed by atoms with van der Waals surface area (Å²) in [7, 11) is 0. The summed E-state index contributed by atoms with van der Waals surface area (Å²) in [6.07, 6.45) is 0.258. The quantitative estimate of drug-likeness (QED) is 0.420. The first-order chi connectivity index (χ1) is 15.1. The van der Waals surface area contributed by atoms with Gasteiger partial charge in [-0.25, -0.2) is 5.01 Å². The molecule has 0 bridgehead atoms. The van der Waals surface area contributed by atoms with Crippen LogP contribution in [-0.4, -0.2) is 17.5 Å². The number of hydrazone groups is 1. The van der Waals surface area contributed by atoms with Gasteiger partial charge in [0.05, 0.1) is 21.8 Å². The van der Waals surface area contributed by atoms with Gasteiger partial charge in [-0.05, 0) is 48.5 Å². The van der Waals surface area contributed by atoms with Crippen molar-refractivity contribution in [3.8, 4) is 17.2 Å². The van der Waals surface area contributed by atoms with Crippen LogP contribution in [0.15, 0.2) is 59.7 Å². The second-order valence-electron chi connectivity index (χ2n) is 7.54. The molecule has 0 spiro atoms. The Balaban J connectivity index is 1.44. The van der Waals surface area contributed by atoms with Crippen molar-refractivity contribution in [1.82, 2.24) is 5.01 Å². The number of nitrogens with zero attached hydrogens (tertiary/aromatic N) is 2. The first-order valence-electron chi connectivity index (χ1n) is 9.74. The fourth-order valence-electron chi connectivity index (χ4n) is 4.19. The van der Waals surface area contributed by atoms with Gasteiger partial charge < -0.3 is 14.2 Å². The average molecular weight is 474 g/mol. The molecule has 3 aromatic rings. The molecule has 3 heterocycles. The van der Waals surface area contributed by atoms with E-state index in [-0.39, 0.29) is 12.8 Å². The molecule has 0 unspecified atom stereocenters. The van der Waals surface area contributed by atoms with Gasteiger partial charge in [0.1, 0.15) is 5.75 Å². The van der Waals surface area contributed by atoms with Gasteiger partial charge in [0.25, 0.3) is 0 Å². The molecule has 0 aromatic heterocycles. The first-order valence-corrected chi connectivity index (χ1v) is 10.9. The SMILES string of the molecule is Clc1ccc2c(c1)[C@H]1CC(c3ccc4c(c3)OCO4)=NN1[C@H](c1ccc(Cl)c(Cl)c1)O2. The molecule has 0 fully saturated rings. The molecule has 0 N–H and O–H groups in total. The lowest BCUT2D eigenvalue weighted by atomic mass is 9.95. The highest BCUT2D eigenvalue weighted by atomic mass is 35.5. The maximum Gasteiger partial charge on any atom is 0.231 e. The van der Waals surface area contributed by atoms with Gasteiger partial charge in [0, 0.05) is 28.1 Å². The van der Waals surface area contributed by atoms with Crippen LogP contribution in [0, 0.1) is 0 Å². The number of benzene rings is 3. The number of fused-ring (bicyclic) bond motifs is 4. The van der Waals surface area contributed by atoms with Crippen molar-refractivity contribution >= 4 is 40.5 Å². The molecule has 0 amide bonds. The number of rotatable bonds is 2. The Kier molecular flexibility index (Phi) is 4.46. The van der Waals surface area contributed by atoms with Gasteiger partial charge in [-0.2, -0.15) is 5.10 Å². The van der Waals surface area contributed by atoms with E-state index in [4.69, 9.17) is 54.1 Å². The molecule has 31 heavy (non-hydrogen) atoms. The lowest BCUT2D eigenvalue weighted by Crippen LogP contribution is -2.33. The highest BCUT2D eigenvalue weighted by Crippen LogP contribution is 2.49. The smallest absolute Gasteiger partial charge is 0.231 e. The van der Waals surface area contributed by atoms with Crippen molar-refractivity contribution in [3.05, 3.63) is 86.4 Å². The zero-order chi connectivity index (χ0) is 21.1. The average Bonchev–Trinajstić information content (AvgIpc) is 3.42. The predicted octanol–water partition coefficient (Wildman–Crippen LogP) is 6.62. The van der Waals surface area contributed by atoms with Crippen molar-refractivity contribution in [2.45, 2.75) is 18.7 Å².